The van der Waals surface area contributed by atoms with Gasteiger partial charge in [0.1, 0.15) is 11.6 Å². The largest absolute Gasteiger partial charge is 0.492 e. The zero-order chi connectivity index (χ0) is 24.8. The van der Waals surface area contributed by atoms with E-state index in [0.717, 1.165) is 11.3 Å². The van der Waals surface area contributed by atoms with Crippen molar-refractivity contribution in [2.45, 2.75) is 25.4 Å². The van der Waals surface area contributed by atoms with Crippen molar-refractivity contribution in [1.29, 1.82) is 0 Å². The molecule has 1 amide bonds. The van der Waals surface area contributed by atoms with Gasteiger partial charge in [-0.1, -0.05) is 12.1 Å². The zero-order valence-corrected chi connectivity index (χ0v) is 19.8. The molecule has 2 aliphatic heterocycles. The topological polar surface area (TPSA) is 101 Å². The Balaban J connectivity index is 1.64. The molecule has 5 heterocycles. The minimum absolute atomic E-state index is 0.0130. The van der Waals surface area contributed by atoms with Gasteiger partial charge in [0.15, 0.2) is 11.6 Å². The molecule has 2 aliphatic rings. The third-order valence-electron chi connectivity index (χ3n) is 6.57. The number of aromatic nitrogens is 3. The Hall–Kier alpha value is -4.40. The van der Waals surface area contributed by atoms with Gasteiger partial charge in [0, 0.05) is 36.0 Å². The molecule has 9 heteroatoms. The summed E-state index contributed by atoms with van der Waals surface area (Å²) in [7, 11) is 1.41. The van der Waals surface area contributed by atoms with Gasteiger partial charge in [-0.15, -0.1) is 0 Å². The fourth-order valence-electron chi connectivity index (χ4n) is 4.88. The number of carbonyl (C=O) groups excluding carboxylic acids is 1. The van der Waals surface area contributed by atoms with Crippen molar-refractivity contribution >= 4 is 28.3 Å². The van der Waals surface area contributed by atoms with Crippen molar-refractivity contribution in [3.8, 4) is 22.9 Å². The average molecular weight is 486 g/mol. The number of anilines is 2. The van der Waals surface area contributed by atoms with E-state index >= 15 is 0 Å². The van der Waals surface area contributed by atoms with Crippen LogP contribution >= 0.6 is 0 Å². The molecule has 1 unspecified atom stereocenters. The highest BCUT2D eigenvalue weighted by Crippen LogP contribution is 2.43. The van der Waals surface area contributed by atoms with E-state index in [4.69, 9.17) is 14.5 Å². The van der Waals surface area contributed by atoms with Gasteiger partial charge in [0.2, 0.25) is 5.88 Å². The lowest BCUT2D eigenvalue weighted by Gasteiger charge is -2.23. The maximum absolute atomic E-state index is 14.5. The molecule has 8 nitrogen and oxygen atoms in total. The number of para-hydroxylation sites is 1. The Morgan fingerprint density at radius 3 is 2.97 bits per heavy atom. The van der Waals surface area contributed by atoms with Crippen LogP contribution in [0.4, 0.5) is 15.8 Å². The number of amides is 1. The van der Waals surface area contributed by atoms with E-state index in [1.165, 1.54) is 13.2 Å². The van der Waals surface area contributed by atoms with Crippen molar-refractivity contribution < 1.29 is 18.7 Å². The summed E-state index contributed by atoms with van der Waals surface area (Å²) >= 11 is 0. The van der Waals surface area contributed by atoms with E-state index in [1.807, 2.05) is 25.1 Å². The summed E-state index contributed by atoms with van der Waals surface area (Å²) in [6, 6.07) is 10.1. The lowest BCUT2D eigenvalue weighted by atomic mass is 9.93. The Kier molecular flexibility index (Phi) is 5.32. The number of hydrogen-bond acceptors (Lipinski definition) is 6. The molecule has 6 rings (SSSR count). The first-order chi connectivity index (χ1) is 17.5. The number of benzene rings is 1. The molecule has 0 spiro atoms. The van der Waals surface area contributed by atoms with Crippen molar-refractivity contribution in [3.63, 3.8) is 0 Å². The Morgan fingerprint density at radius 1 is 1.22 bits per heavy atom. The molecule has 3 N–H and O–H groups in total. The predicted molar refractivity (Wildman–Crippen MR) is 134 cm³/mol. The maximum atomic E-state index is 14.5. The van der Waals surface area contributed by atoms with Crippen LogP contribution in [0.3, 0.4) is 0 Å². The Bertz CT molecular complexity index is 1530. The smallest absolute Gasteiger partial charge is 0.255 e. The van der Waals surface area contributed by atoms with E-state index in [1.54, 1.807) is 24.4 Å². The number of aromatic amines is 1. The van der Waals surface area contributed by atoms with Crippen molar-refractivity contribution in [2.75, 3.05) is 19.0 Å². The van der Waals surface area contributed by atoms with Gasteiger partial charge in [-0.25, -0.2) is 9.37 Å². The third-order valence-corrected chi connectivity index (χ3v) is 6.57. The molecule has 182 valence electrons. The molecule has 0 saturated heterocycles. The van der Waals surface area contributed by atoms with Gasteiger partial charge in [-0.05, 0) is 43.7 Å². The number of H-pyrrole nitrogens is 1. The first kappa shape index (κ1) is 22.1. The lowest BCUT2D eigenvalue weighted by molar-refractivity contribution is 0.0941. The van der Waals surface area contributed by atoms with Crippen LogP contribution in [0.15, 0.2) is 54.7 Å². The molecule has 36 heavy (non-hydrogen) atoms. The first-order valence-corrected chi connectivity index (χ1v) is 11.8. The van der Waals surface area contributed by atoms with Crippen LogP contribution in [0.5, 0.6) is 11.6 Å². The number of allylic oxidation sites excluding steroid dienone is 1. The Labute approximate surface area is 206 Å². The number of fused-ring (bicyclic) bond motifs is 3. The van der Waals surface area contributed by atoms with Gasteiger partial charge < -0.3 is 25.1 Å². The van der Waals surface area contributed by atoms with Crippen molar-refractivity contribution in [2.24, 2.45) is 0 Å². The van der Waals surface area contributed by atoms with E-state index < -0.39 is 5.82 Å². The fraction of sp³-hybridized carbons (Fsp3) is 0.222. The molecule has 4 bridgehead atoms. The highest BCUT2D eigenvalue weighted by molar-refractivity contribution is 6.08. The molecule has 4 aromatic rings. The number of rotatable bonds is 3. The summed E-state index contributed by atoms with van der Waals surface area (Å²) in [6.07, 6.45) is 6.27. The number of methoxy groups -OCH3 is 1. The standard InChI is InChI=1S/C27H24FN5O3/c1-14-5-3-6-15-13-30-27(34)21-22(15)33-24(25(21)31-19-8-4-7-17(28)26(19)35-2)16-11-12-29-18-9-10-20(36-14)32-23(16)18/h3-5,7-12,14-15,31,33H,6,13H2,1-2H3,(H,30,34)/b5-3-/t14-,15?/m1/s1. The van der Waals surface area contributed by atoms with Crippen molar-refractivity contribution in [3.05, 3.63) is 71.8 Å². The average Bonchev–Trinajstić information content (AvgIpc) is 3.25. The predicted octanol–water partition coefficient (Wildman–Crippen LogP) is 5.07. The summed E-state index contributed by atoms with van der Waals surface area (Å²) in [5, 5.41) is 6.30. The van der Waals surface area contributed by atoms with Crippen LogP contribution in [0.2, 0.25) is 0 Å². The second-order valence-corrected chi connectivity index (χ2v) is 8.88. The van der Waals surface area contributed by atoms with E-state index in [2.05, 4.69) is 26.7 Å². The number of ether oxygens (including phenoxy) is 2. The molecule has 3 aromatic heterocycles. The normalized spacial score (nSPS) is 19.5. The van der Waals surface area contributed by atoms with Crippen LogP contribution < -0.4 is 20.1 Å². The number of pyridine rings is 2. The molecule has 0 radical (unpaired) electrons. The van der Waals surface area contributed by atoms with Crippen molar-refractivity contribution in [1.82, 2.24) is 20.3 Å². The quantitative estimate of drug-likeness (QED) is 0.350. The zero-order valence-electron chi connectivity index (χ0n) is 19.8. The molecule has 2 atom stereocenters. The number of hydrogen-bond donors (Lipinski definition) is 3. The minimum atomic E-state index is -0.505. The van der Waals surface area contributed by atoms with Crippen LogP contribution in [0.25, 0.3) is 22.3 Å². The molecule has 0 saturated carbocycles. The fourth-order valence-corrected chi connectivity index (χ4v) is 4.88. The highest BCUT2D eigenvalue weighted by Gasteiger charge is 2.33. The van der Waals surface area contributed by atoms with Gasteiger partial charge in [-0.2, -0.15) is 0 Å². The monoisotopic (exact) mass is 485 g/mol. The Morgan fingerprint density at radius 2 is 2.11 bits per heavy atom. The number of nitrogens with zero attached hydrogens (tertiary/aromatic N) is 2. The van der Waals surface area contributed by atoms with Crippen LogP contribution in [0.1, 0.15) is 35.3 Å². The lowest BCUT2D eigenvalue weighted by Crippen LogP contribution is -2.34. The minimum Gasteiger partial charge on any atom is -0.492 e. The molecular weight excluding hydrogens is 461 g/mol. The van der Waals surface area contributed by atoms with Crippen LogP contribution in [-0.4, -0.2) is 40.6 Å². The third kappa shape index (κ3) is 3.64. The van der Waals surface area contributed by atoms with Crippen LogP contribution in [0, 0.1) is 5.82 Å². The van der Waals surface area contributed by atoms with Gasteiger partial charge in [0.05, 0.1) is 35.3 Å². The first-order valence-electron chi connectivity index (χ1n) is 11.8. The highest BCUT2D eigenvalue weighted by atomic mass is 19.1. The van der Waals surface area contributed by atoms with Gasteiger partial charge in [0.25, 0.3) is 5.91 Å². The number of carbonyl (C=O) groups is 1. The summed E-state index contributed by atoms with van der Waals surface area (Å²) in [4.78, 5) is 26.0. The van der Waals surface area contributed by atoms with Crippen LogP contribution in [-0.2, 0) is 0 Å². The SMILES string of the molecule is COc1c(F)cccc1Nc1c2[nH]c3c1C(=O)NCC3C/C=C\[C@@H](C)Oc1ccc3nccc-2c3n1. The molecule has 0 fully saturated rings. The van der Waals surface area contributed by atoms with E-state index in [9.17, 15) is 9.18 Å². The second-order valence-electron chi connectivity index (χ2n) is 8.88. The molecule has 1 aromatic carbocycles. The number of halogens is 1. The molecule has 0 aliphatic carbocycles. The summed E-state index contributed by atoms with van der Waals surface area (Å²) in [5.74, 6) is -0.163. The second kappa shape index (κ2) is 8.67. The summed E-state index contributed by atoms with van der Waals surface area (Å²) < 4.78 is 25.9. The summed E-state index contributed by atoms with van der Waals surface area (Å²) in [6.45, 7) is 2.45. The number of nitrogens with one attached hydrogen (secondary N) is 3. The van der Waals surface area contributed by atoms with E-state index in [0.29, 0.717) is 52.5 Å². The van der Waals surface area contributed by atoms with Gasteiger partial charge in [-0.3, -0.25) is 9.78 Å². The van der Waals surface area contributed by atoms with Gasteiger partial charge >= 0.3 is 0 Å². The van der Waals surface area contributed by atoms with E-state index in [-0.39, 0.29) is 23.7 Å². The molecular formula is C27H24FN5O3. The summed E-state index contributed by atoms with van der Waals surface area (Å²) in [5.41, 5.74) is 4.92. The maximum Gasteiger partial charge on any atom is 0.255 e.